The van der Waals surface area contributed by atoms with Crippen molar-refractivity contribution in [1.29, 1.82) is 0 Å². The first kappa shape index (κ1) is 20.9. The van der Waals surface area contributed by atoms with E-state index < -0.39 is 0 Å². The number of hydrogen-bond donors (Lipinski definition) is 2. The van der Waals surface area contributed by atoms with Gasteiger partial charge in [-0.2, -0.15) is 0 Å². The third-order valence-electron chi connectivity index (χ3n) is 5.57. The van der Waals surface area contributed by atoms with Crippen molar-refractivity contribution in [2.24, 2.45) is 0 Å². The predicted molar refractivity (Wildman–Crippen MR) is 118 cm³/mol. The van der Waals surface area contributed by atoms with E-state index in [0.717, 1.165) is 41.2 Å². The second kappa shape index (κ2) is 9.64. The fourth-order valence-electron chi connectivity index (χ4n) is 3.92. The molecule has 0 unspecified atom stereocenters. The van der Waals surface area contributed by atoms with Crippen molar-refractivity contribution in [3.05, 3.63) is 53.6 Å². The van der Waals surface area contributed by atoms with Crippen LogP contribution in [0.3, 0.4) is 0 Å². The van der Waals surface area contributed by atoms with Crippen molar-refractivity contribution >= 4 is 29.1 Å². The number of hydrogen-bond acceptors (Lipinski definition) is 4. The van der Waals surface area contributed by atoms with E-state index in [2.05, 4.69) is 10.6 Å². The lowest BCUT2D eigenvalue weighted by atomic mass is 10.0. The van der Waals surface area contributed by atoms with Crippen LogP contribution >= 0.6 is 0 Å². The highest BCUT2D eigenvalue weighted by molar-refractivity contribution is 5.95. The third kappa shape index (κ3) is 5.42. The van der Waals surface area contributed by atoms with Gasteiger partial charge in [-0.15, -0.1) is 0 Å². The van der Waals surface area contributed by atoms with Crippen molar-refractivity contribution in [3.63, 3.8) is 0 Å². The summed E-state index contributed by atoms with van der Waals surface area (Å²) in [7, 11) is 0. The van der Waals surface area contributed by atoms with E-state index in [0.29, 0.717) is 45.3 Å². The Morgan fingerprint density at radius 3 is 2.84 bits per heavy atom. The Hall–Kier alpha value is -3.35. The maximum atomic E-state index is 12.2. The van der Waals surface area contributed by atoms with Crippen molar-refractivity contribution in [1.82, 2.24) is 5.32 Å². The highest BCUT2D eigenvalue weighted by Gasteiger charge is 2.21. The molecule has 4 rings (SSSR count). The van der Waals surface area contributed by atoms with Crippen LogP contribution in [0.5, 0.6) is 5.75 Å². The number of rotatable bonds is 8. The van der Waals surface area contributed by atoms with Crippen LogP contribution in [0.1, 0.15) is 43.2 Å². The van der Waals surface area contributed by atoms with Gasteiger partial charge in [0.05, 0.1) is 6.61 Å². The maximum Gasteiger partial charge on any atom is 0.227 e. The monoisotopic (exact) mass is 421 g/mol. The normalized spacial score (nSPS) is 15.4. The van der Waals surface area contributed by atoms with Crippen LogP contribution < -0.4 is 20.3 Å². The summed E-state index contributed by atoms with van der Waals surface area (Å²) in [6.07, 6.45) is 3.70. The minimum absolute atomic E-state index is 0.0283. The molecule has 0 aliphatic carbocycles. The molecule has 162 valence electrons. The molecule has 2 aliphatic heterocycles. The Morgan fingerprint density at radius 2 is 2.00 bits per heavy atom. The lowest BCUT2D eigenvalue weighted by Gasteiger charge is -2.17. The van der Waals surface area contributed by atoms with Gasteiger partial charge in [0.1, 0.15) is 5.75 Å². The molecule has 0 saturated carbocycles. The standard InChI is InChI=1S/C24H27N3O4/c28-22(25-16-17-4-1-5-19(14-17)27-12-2-7-24(27)30)6-3-13-31-20-9-10-21-18(15-20)8-11-23(29)26-21/h1,4-5,9-10,14-15H,2-3,6-8,11-13,16H2,(H,25,28)(H,26,29). The van der Waals surface area contributed by atoms with E-state index in [9.17, 15) is 14.4 Å². The molecule has 0 atom stereocenters. The minimum Gasteiger partial charge on any atom is -0.494 e. The van der Waals surface area contributed by atoms with Gasteiger partial charge in [0.2, 0.25) is 17.7 Å². The Labute approximate surface area is 181 Å². The van der Waals surface area contributed by atoms with Gasteiger partial charge < -0.3 is 20.3 Å². The highest BCUT2D eigenvalue weighted by atomic mass is 16.5. The zero-order valence-electron chi connectivity index (χ0n) is 17.5. The molecule has 0 bridgehead atoms. The molecule has 1 saturated heterocycles. The van der Waals surface area contributed by atoms with Crippen LogP contribution in [0, 0.1) is 0 Å². The molecule has 2 N–H and O–H groups in total. The fraction of sp³-hybridized carbons (Fsp3) is 0.375. The molecule has 0 aromatic heterocycles. The summed E-state index contributed by atoms with van der Waals surface area (Å²) in [6, 6.07) is 13.4. The first-order valence-corrected chi connectivity index (χ1v) is 10.8. The third-order valence-corrected chi connectivity index (χ3v) is 5.57. The van der Waals surface area contributed by atoms with Gasteiger partial charge in [0.25, 0.3) is 0 Å². The van der Waals surface area contributed by atoms with E-state index >= 15 is 0 Å². The van der Waals surface area contributed by atoms with Gasteiger partial charge in [-0.05, 0) is 60.7 Å². The van der Waals surface area contributed by atoms with Crippen LogP contribution in [-0.4, -0.2) is 30.9 Å². The maximum absolute atomic E-state index is 12.2. The molecule has 7 nitrogen and oxygen atoms in total. The molecule has 7 heteroatoms. The number of nitrogens with zero attached hydrogens (tertiary/aromatic N) is 1. The lowest BCUT2D eigenvalue weighted by Crippen LogP contribution is -2.25. The molecular formula is C24H27N3O4. The minimum atomic E-state index is -0.0283. The Bertz CT molecular complexity index is 989. The van der Waals surface area contributed by atoms with Crippen LogP contribution in [0.15, 0.2) is 42.5 Å². The zero-order chi connectivity index (χ0) is 21.6. The Kier molecular flexibility index (Phi) is 6.50. The average molecular weight is 421 g/mol. The molecule has 0 radical (unpaired) electrons. The molecule has 3 amide bonds. The van der Waals surface area contributed by atoms with E-state index in [1.54, 1.807) is 4.90 Å². The number of benzene rings is 2. The van der Waals surface area contributed by atoms with E-state index in [4.69, 9.17) is 4.74 Å². The van der Waals surface area contributed by atoms with E-state index in [1.807, 2.05) is 42.5 Å². The van der Waals surface area contributed by atoms with Gasteiger partial charge >= 0.3 is 0 Å². The number of ether oxygens (including phenoxy) is 1. The first-order valence-electron chi connectivity index (χ1n) is 10.8. The largest absolute Gasteiger partial charge is 0.494 e. The van der Waals surface area contributed by atoms with Crippen LogP contribution in [-0.2, 0) is 27.3 Å². The fourth-order valence-corrected chi connectivity index (χ4v) is 3.92. The number of carbonyl (C=O) groups is 3. The number of aryl methyl sites for hydroxylation is 1. The van der Waals surface area contributed by atoms with Gasteiger partial charge in [0.15, 0.2) is 0 Å². The van der Waals surface area contributed by atoms with Gasteiger partial charge in [-0.1, -0.05) is 12.1 Å². The van der Waals surface area contributed by atoms with E-state index in [-0.39, 0.29) is 17.7 Å². The second-order valence-electron chi connectivity index (χ2n) is 7.91. The van der Waals surface area contributed by atoms with Gasteiger partial charge in [-0.3, -0.25) is 14.4 Å². The average Bonchev–Trinajstić information content (AvgIpc) is 3.21. The quantitative estimate of drug-likeness (QED) is 0.641. The number of amides is 3. The summed E-state index contributed by atoms with van der Waals surface area (Å²) in [5.41, 5.74) is 3.80. The van der Waals surface area contributed by atoms with Crippen molar-refractivity contribution < 1.29 is 19.1 Å². The topological polar surface area (TPSA) is 87.7 Å². The second-order valence-corrected chi connectivity index (χ2v) is 7.91. The summed E-state index contributed by atoms with van der Waals surface area (Å²) < 4.78 is 5.76. The van der Waals surface area contributed by atoms with Crippen LogP contribution in [0.2, 0.25) is 0 Å². The Balaban J connectivity index is 1.18. The predicted octanol–water partition coefficient (Wildman–Crippen LogP) is 3.17. The molecular weight excluding hydrogens is 394 g/mol. The van der Waals surface area contributed by atoms with Crippen LogP contribution in [0.4, 0.5) is 11.4 Å². The number of anilines is 2. The van der Waals surface area contributed by atoms with E-state index in [1.165, 1.54) is 0 Å². The SMILES string of the molecule is O=C(CCCOc1ccc2c(c1)CCC(=O)N2)NCc1cccc(N2CCCC2=O)c1. The molecule has 2 aromatic rings. The van der Waals surface area contributed by atoms with Crippen LogP contribution in [0.25, 0.3) is 0 Å². The summed E-state index contributed by atoms with van der Waals surface area (Å²) in [5, 5.41) is 5.79. The highest BCUT2D eigenvalue weighted by Crippen LogP contribution is 2.27. The number of nitrogens with one attached hydrogen (secondary N) is 2. The van der Waals surface area contributed by atoms with Gasteiger partial charge in [-0.25, -0.2) is 0 Å². The van der Waals surface area contributed by atoms with Gasteiger partial charge in [0, 0.05) is 43.7 Å². The van der Waals surface area contributed by atoms with Crippen molar-refractivity contribution in [3.8, 4) is 5.75 Å². The van der Waals surface area contributed by atoms with Crippen molar-refractivity contribution in [2.45, 2.75) is 45.1 Å². The molecule has 2 aliphatic rings. The zero-order valence-corrected chi connectivity index (χ0v) is 17.5. The summed E-state index contributed by atoms with van der Waals surface area (Å²) in [5.74, 6) is 0.927. The summed E-state index contributed by atoms with van der Waals surface area (Å²) in [6.45, 7) is 1.64. The summed E-state index contributed by atoms with van der Waals surface area (Å²) >= 11 is 0. The molecule has 31 heavy (non-hydrogen) atoms. The molecule has 2 heterocycles. The first-order chi connectivity index (χ1) is 15.1. The Morgan fingerprint density at radius 1 is 1.10 bits per heavy atom. The molecule has 1 fully saturated rings. The van der Waals surface area contributed by atoms with Crippen molar-refractivity contribution in [2.75, 3.05) is 23.4 Å². The number of fused-ring (bicyclic) bond motifs is 1. The molecule has 2 aromatic carbocycles. The molecule has 0 spiro atoms. The summed E-state index contributed by atoms with van der Waals surface area (Å²) in [4.78, 5) is 37.3. The lowest BCUT2D eigenvalue weighted by molar-refractivity contribution is -0.121. The number of carbonyl (C=O) groups excluding carboxylic acids is 3. The smallest absolute Gasteiger partial charge is 0.227 e.